The molecule has 0 bridgehead atoms. The molecule has 102 valence electrons. The van der Waals surface area contributed by atoms with Crippen molar-refractivity contribution in [1.82, 2.24) is 10.3 Å². The first kappa shape index (κ1) is 14.5. The number of thiazole rings is 1. The molecule has 0 fully saturated rings. The van der Waals surface area contributed by atoms with Crippen LogP contribution in [0.15, 0.2) is 39.0 Å². The van der Waals surface area contributed by atoms with Gasteiger partial charge in [0.1, 0.15) is 5.82 Å². The van der Waals surface area contributed by atoms with Crippen molar-refractivity contribution in [3.63, 3.8) is 0 Å². The zero-order chi connectivity index (χ0) is 13.7. The minimum atomic E-state index is -0.191. The second kappa shape index (κ2) is 7.03. The summed E-state index contributed by atoms with van der Waals surface area (Å²) in [7, 11) is 0. The predicted molar refractivity (Wildman–Crippen MR) is 79.3 cm³/mol. The highest BCUT2D eigenvalue weighted by atomic mass is 32.2. The highest BCUT2D eigenvalue weighted by Gasteiger charge is 2.13. The van der Waals surface area contributed by atoms with Gasteiger partial charge in [-0.15, -0.1) is 11.3 Å². The number of nitrogens with zero attached hydrogens (tertiary/aromatic N) is 1. The van der Waals surface area contributed by atoms with Gasteiger partial charge in [0.25, 0.3) is 0 Å². The number of aromatic nitrogens is 1. The van der Waals surface area contributed by atoms with E-state index in [0.717, 1.165) is 27.8 Å². The van der Waals surface area contributed by atoms with Crippen LogP contribution in [0.5, 0.6) is 0 Å². The lowest BCUT2D eigenvalue weighted by Gasteiger charge is -2.17. The van der Waals surface area contributed by atoms with Crippen molar-refractivity contribution in [1.29, 1.82) is 0 Å². The molecule has 1 atom stereocenters. The maximum absolute atomic E-state index is 13.5. The second-order valence-electron chi connectivity index (χ2n) is 4.26. The Morgan fingerprint density at radius 2 is 2.32 bits per heavy atom. The summed E-state index contributed by atoms with van der Waals surface area (Å²) in [6.45, 7) is 5.12. The van der Waals surface area contributed by atoms with Crippen LogP contribution in [0.1, 0.15) is 31.9 Å². The van der Waals surface area contributed by atoms with Crippen LogP contribution >= 0.6 is 23.1 Å². The van der Waals surface area contributed by atoms with Gasteiger partial charge in [-0.3, -0.25) is 0 Å². The van der Waals surface area contributed by atoms with Crippen LogP contribution in [0, 0.1) is 5.82 Å². The fourth-order valence-electron chi connectivity index (χ4n) is 1.78. The summed E-state index contributed by atoms with van der Waals surface area (Å²) in [6.07, 6.45) is 2.85. The minimum absolute atomic E-state index is 0.137. The molecule has 19 heavy (non-hydrogen) atoms. The average Bonchev–Trinajstić information content (AvgIpc) is 2.91. The van der Waals surface area contributed by atoms with Crippen molar-refractivity contribution in [2.75, 3.05) is 6.54 Å². The molecule has 2 rings (SSSR count). The summed E-state index contributed by atoms with van der Waals surface area (Å²) < 4.78 is 14.4. The molecule has 0 aliphatic heterocycles. The van der Waals surface area contributed by atoms with E-state index in [-0.39, 0.29) is 11.9 Å². The van der Waals surface area contributed by atoms with Crippen LogP contribution in [-0.2, 0) is 0 Å². The van der Waals surface area contributed by atoms with Crippen molar-refractivity contribution in [3.05, 3.63) is 41.2 Å². The summed E-state index contributed by atoms with van der Waals surface area (Å²) in [5.41, 5.74) is 0.994. The minimum Gasteiger partial charge on any atom is -0.310 e. The molecule has 5 heteroatoms. The lowest BCUT2D eigenvalue weighted by atomic mass is 10.1. The summed E-state index contributed by atoms with van der Waals surface area (Å²) in [5.74, 6) is -0.191. The quantitative estimate of drug-likeness (QED) is 0.850. The summed E-state index contributed by atoms with van der Waals surface area (Å²) >= 11 is 3.19. The number of halogens is 1. The summed E-state index contributed by atoms with van der Waals surface area (Å²) in [5, 5.41) is 5.35. The van der Waals surface area contributed by atoms with Gasteiger partial charge < -0.3 is 5.32 Å². The highest BCUT2D eigenvalue weighted by molar-refractivity contribution is 8.01. The molecule has 1 aromatic carbocycles. The molecule has 1 heterocycles. The predicted octanol–water partition coefficient (Wildman–Crippen LogP) is 4.49. The van der Waals surface area contributed by atoms with Crippen LogP contribution in [0.3, 0.4) is 0 Å². The van der Waals surface area contributed by atoms with Crippen molar-refractivity contribution < 1.29 is 4.39 Å². The van der Waals surface area contributed by atoms with Gasteiger partial charge in [0, 0.05) is 22.5 Å². The van der Waals surface area contributed by atoms with Gasteiger partial charge in [0.2, 0.25) is 0 Å². The number of nitrogens with one attached hydrogen (secondary N) is 1. The normalized spacial score (nSPS) is 12.6. The Bertz CT molecular complexity index is 514. The van der Waals surface area contributed by atoms with E-state index in [1.54, 1.807) is 35.4 Å². The molecular weight excluding hydrogens is 279 g/mol. The van der Waals surface area contributed by atoms with E-state index in [9.17, 15) is 4.39 Å². The van der Waals surface area contributed by atoms with Crippen molar-refractivity contribution >= 4 is 23.1 Å². The van der Waals surface area contributed by atoms with Crippen LogP contribution in [0.25, 0.3) is 0 Å². The van der Waals surface area contributed by atoms with E-state index < -0.39 is 0 Å². The van der Waals surface area contributed by atoms with Crippen LogP contribution in [0.2, 0.25) is 0 Å². The molecule has 2 nitrogen and oxygen atoms in total. The molecule has 0 radical (unpaired) electrons. The summed E-state index contributed by atoms with van der Waals surface area (Å²) in [6, 6.07) is 5.09. The van der Waals surface area contributed by atoms with Crippen LogP contribution in [-0.4, -0.2) is 11.5 Å². The van der Waals surface area contributed by atoms with Crippen LogP contribution in [0.4, 0.5) is 4.39 Å². The first-order valence-corrected chi connectivity index (χ1v) is 8.00. The van der Waals surface area contributed by atoms with Crippen molar-refractivity contribution in [3.8, 4) is 0 Å². The number of hydrogen-bond donors (Lipinski definition) is 1. The van der Waals surface area contributed by atoms with Gasteiger partial charge in [-0.25, -0.2) is 9.37 Å². The molecular formula is C14H17FN2S2. The molecule has 1 aromatic heterocycles. The van der Waals surface area contributed by atoms with E-state index in [1.807, 2.05) is 11.4 Å². The third-order valence-corrected chi connectivity index (χ3v) is 4.72. The standard InChI is InChI=1S/C14H17FN2S2/c1-3-6-16-10(2)12-9-11(15)4-5-13(12)19-14-17-7-8-18-14/h4-5,7-10,16H,3,6H2,1-2H3. The van der Waals surface area contributed by atoms with E-state index in [4.69, 9.17) is 0 Å². The van der Waals surface area contributed by atoms with Gasteiger partial charge in [-0.05, 0) is 43.7 Å². The third kappa shape index (κ3) is 4.03. The Hall–Kier alpha value is -0.910. The Morgan fingerprint density at radius 3 is 3.00 bits per heavy atom. The van der Waals surface area contributed by atoms with Crippen LogP contribution < -0.4 is 5.32 Å². The van der Waals surface area contributed by atoms with Gasteiger partial charge in [-0.2, -0.15) is 0 Å². The SMILES string of the molecule is CCCNC(C)c1cc(F)ccc1Sc1nccs1. The largest absolute Gasteiger partial charge is 0.310 e. The summed E-state index contributed by atoms with van der Waals surface area (Å²) in [4.78, 5) is 5.33. The molecule has 0 amide bonds. The molecule has 1 N–H and O–H groups in total. The average molecular weight is 296 g/mol. The fraction of sp³-hybridized carbons (Fsp3) is 0.357. The maximum atomic E-state index is 13.5. The number of hydrogen-bond acceptors (Lipinski definition) is 4. The van der Waals surface area contributed by atoms with Gasteiger partial charge in [-0.1, -0.05) is 18.7 Å². The van der Waals surface area contributed by atoms with Gasteiger partial charge in [0.15, 0.2) is 4.34 Å². The maximum Gasteiger partial charge on any atom is 0.154 e. The Morgan fingerprint density at radius 1 is 1.47 bits per heavy atom. The first-order valence-electron chi connectivity index (χ1n) is 6.31. The Labute approximate surface area is 121 Å². The molecule has 0 aliphatic rings. The Balaban J connectivity index is 2.22. The highest BCUT2D eigenvalue weighted by Crippen LogP contribution is 2.34. The number of rotatable bonds is 6. The zero-order valence-electron chi connectivity index (χ0n) is 11.0. The van der Waals surface area contributed by atoms with E-state index in [1.165, 1.54) is 6.07 Å². The third-order valence-electron chi connectivity index (χ3n) is 2.75. The zero-order valence-corrected chi connectivity index (χ0v) is 12.7. The second-order valence-corrected chi connectivity index (χ2v) is 6.44. The lowest BCUT2D eigenvalue weighted by Crippen LogP contribution is -2.20. The van der Waals surface area contributed by atoms with Crippen molar-refractivity contribution in [2.45, 2.75) is 35.5 Å². The molecule has 0 saturated heterocycles. The molecule has 1 unspecified atom stereocenters. The van der Waals surface area contributed by atoms with E-state index >= 15 is 0 Å². The monoisotopic (exact) mass is 296 g/mol. The molecule has 2 aromatic rings. The van der Waals surface area contributed by atoms with Gasteiger partial charge in [0.05, 0.1) is 0 Å². The smallest absolute Gasteiger partial charge is 0.154 e. The fourth-order valence-corrected chi connectivity index (χ4v) is 3.56. The first-order chi connectivity index (χ1) is 9.20. The number of benzene rings is 1. The Kier molecular flexibility index (Phi) is 5.36. The molecule has 0 aliphatic carbocycles. The van der Waals surface area contributed by atoms with E-state index in [0.29, 0.717) is 0 Å². The lowest BCUT2D eigenvalue weighted by molar-refractivity contribution is 0.554. The molecule has 0 saturated carbocycles. The van der Waals surface area contributed by atoms with Gasteiger partial charge >= 0.3 is 0 Å². The van der Waals surface area contributed by atoms with Crippen molar-refractivity contribution in [2.24, 2.45) is 0 Å². The molecule has 0 spiro atoms. The topological polar surface area (TPSA) is 24.9 Å². The van der Waals surface area contributed by atoms with E-state index in [2.05, 4.69) is 24.1 Å².